The minimum absolute atomic E-state index is 0.0774. The van der Waals surface area contributed by atoms with E-state index in [0.29, 0.717) is 6.61 Å². The van der Waals surface area contributed by atoms with Crippen molar-refractivity contribution >= 4 is 0 Å². The van der Waals surface area contributed by atoms with Gasteiger partial charge in [0, 0.05) is 0 Å². The fourth-order valence-electron chi connectivity index (χ4n) is 2.09. The van der Waals surface area contributed by atoms with Crippen LogP contribution in [0, 0.1) is 10.8 Å². The van der Waals surface area contributed by atoms with Gasteiger partial charge in [-0.1, -0.05) is 41.5 Å². The number of hydrogen-bond donors (Lipinski definition) is 2. The maximum Gasteiger partial charge on any atom is 0.133 e. The van der Waals surface area contributed by atoms with Crippen LogP contribution < -0.4 is 5.32 Å². The molecule has 0 aliphatic heterocycles. The number of rotatable bonds is 6. The first-order valence-corrected chi connectivity index (χ1v) is 6.99. The van der Waals surface area contributed by atoms with E-state index in [-0.39, 0.29) is 29.1 Å². The van der Waals surface area contributed by atoms with Crippen molar-refractivity contribution in [1.29, 1.82) is 0 Å². The maximum absolute atomic E-state index is 9.25. The minimum atomic E-state index is -0.179. The van der Waals surface area contributed by atoms with E-state index in [1.807, 2.05) is 12.4 Å². The van der Waals surface area contributed by atoms with Crippen LogP contribution in [-0.2, 0) is 4.74 Å². The average Bonchev–Trinajstić information content (AvgIpc) is 2.14. The van der Waals surface area contributed by atoms with Crippen molar-refractivity contribution in [2.45, 2.75) is 66.5 Å². The van der Waals surface area contributed by atoms with Crippen molar-refractivity contribution in [3.63, 3.8) is 0 Å². The molecule has 0 rings (SSSR count). The summed E-state index contributed by atoms with van der Waals surface area (Å²) < 4.78 is 6.22. The highest BCUT2D eigenvalue weighted by Gasteiger charge is 2.41. The van der Waals surface area contributed by atoms with Gasteiger partial charge in [-0.15, -0.1) is 0 Å². The number of quaternary nitrogens is 1. The minimum Gasteiger partial charge on any atom is -0.390 e. The van der Waals surface area contributed by atoms with E-state index in [0.717, 1.165) is 6.42 Å². The zero-order chi connectivity index (χ0) is 14.6. The van der Waals surface area contributed by atoms with Crippen molar-refractivity contribution in [3.05, 3.63) is 0 Å². The van der Waals surface area contributed by atoms with Crippen LogP contribution in [0.25, 0.3) is 0 Å². The van der Waals surface area contributed by atoms with Crippen LogP contribution in [0.15, 0.2) is 0 Å². The zero-order valence-electron chi connectivity index (χ0n) is 13.6. The number of nitrogens with two attached hydrogens (primary N) is 1. The van der Waals surface area contributed by atoms with Gasteiger partial charge in [-0.05, 0) is 24.2 Å². The highest BCUT2D eigenvalue weighted by molar-refractivity contribution is 4.92. The molecular weight excluding hydrogens is 226 g/mol. The number of ether oxygens (including phenoxy) is 1. The summed E-state index contributed by atoms with van der Waals surface area (Å²) >= 11 is 0. The molecule has 0 aliphatic carbocycles. The Morgan fingerprint density at radius 3 is 1.83 bits per heavy atom. The fourth-order valence-corrected chi connectivity index (χ4v) is 2.09. The standard InChI is InChI=1S/C15H33NO2/c1-13(2,3)11-15(7,14(4,5)6)18-10-12(9-17)16-8/h12,16-17H,9-11H2,1-8H3/p+1. The Bertz CT molecular complexity index is 236. The third-order valence-electron chi connectivity index (χ3n) is 3.78. The molecule has 0 spiro atoms. The van der Waals surface area contributed by atoms with Gasteiger partial charge in [0.25, 0.3) is 0 Å². The topological polar surface area (TPSA) is 46.1 Å². The lowest BCUT2D eigenvalue weighted by Crippen LogP contribution is -2.88. The molecule has 18 heavy (non-hydrogen) atoms. The summed E-state index contributed by atoms with van der Waals surface area (Å²) in [5.74, 6) is 0. The first-order valence-electron chi connectivity index (χ1n) is 6.99. The van der Waals surface area contributed by atoms with Gasteiger partial charge in [-0.25, -0.2) is 0 Å². The highest BCUT2D eigenvalue weighted by atomic mass is 16.5. The number of likely N-dealkylation sites (N-methyl/N-ethyl adjacent to an activating group) is 1. The fraction of sp³-hybridized carbons (Fsp3) is 1.00. The van der Waals surface area contributed by atoms with Crippen LogP contribution in [0.3, 0.4) is 0 Å². The average molecular weight is 260 g/mol. The molecule has 3 heteroatoms. The van der Waals surface area contributed by atoms with E-state index in [4.69, 9.17) is 4.74 Å². The molecule has 2 atom stereocenters. The van der Waals surface area contributed by atoms with Gasteiger partial charge in [-0.3, -0.25) is 0 Å². The summed E-state index contributed by atoms with van der Waals surface area (Å²) in [7, 11) is 1.97. The smallest absolute Gasteiger partial charge is 0.133 e. The molecule has 0 saturated carbocycles. The molecule has 3 nitrogen and oxygen atoms in total. The molecule has 0 amide bonds. The third kappa shape index (κ3) is 5.68. The first-order chi connectivity index (χ1) is 7.95. The molecule has 0 aromatic heterocycles. The Morgan fingerprint density at radius 1 is 1.06 bits per heavy atom. The number of aliphatic hydroxyl groups is 1. The summed E-state index contributed by atoms with van der Waals surface area (Å²) in [5.41, 5.74) is 0.127. The summed E-state index contributed by atoms with van der Waals surface area (Å²) in [6.45, 7) is 16.4. The Labute approximate surface area is 113 Å². The van der Waals surface area contributed by atoms with Gasteiger partial charge in [-0.2, -0.15) is 0 Å². The monoisotopic (exact) mass is 260 g/mol. The third-order valence-corrected chi connectivity index (χ3v) is 3.78. The van der Waals surface area contributed by atoms with Crippen molar-refractivity contribution in [2.75, 3.05) is 20.3 Å². The van der Waals surface area contributed by atoms with Crippen molar-refractivity contribution < 1.29 is 15.2 Å². The van der Waals surface area contributed by atoms with Crippen LogP contribution in [0.2, 0.25) is 0 Å². The second-order valence-electron chi connectivity index (χ2n) is 7.81. The Balaban J connectivity index is 4.80. The largest absolute Gasteiger partial charge is 0.390 e. The highest BCUT2D eigenvalue weighted by Crippen LogP contribution is 2.42. The van der Waals surface area contributed by atoms with Gasteiger partial charge in [0.1, 0.15) is 12.6 Å². The van der Waals surface area contributed by atoms with Gasteiger partial charge in [0.15, 0.2) is 0 Å². The summed E-state index contributed by atoms with van der Waals surface area (Å²) in [6.07, 6.45) is 1.01. The lowest BCUT2D eigenvalue weighted by Gasteiger charge is -2.45. The molecule has 0 aliphatic rings. The molecule has 0 bridgehead atoms. The molecule has 0 aromatic rings. The van der Waals surface area contributed by atoms with Crippen LogP contribution in [0.5, 0.6) is 0 Å². The number of aliphatic hydroxyl groups excluding tert-OH is 1. The Kier molecular flexibility index (Phi) is 6.31. The van der Waals surface area contributed by atoms with Gasteiger partial charge in [0.2, 0.25) is 0 Å². The quantitative estimate of drug-likeness (QED) is 0.765. The molecule has 0 aromatic carbocycles. The lowest BCUT2D eigenvalue weighted by molar-refractivity contribution is -0.668. The first kappa shape index (κ1) is 17.9. The van der Waals surface area contributed by atoms with E-state index < -0.39 is 0 Å². The second-order valence-corrected chi connectivity index (χ2v) is 7.81. The van der Waals surface area contributed by atoms with Gasteiger partial charge < -0.3 is 15.2 Å². The molecule has 110 valence electrons. The maximum atomic E-state index is 9.25. The predicted octanol–water partition coefficient (Wildman–Crippen LogP) is 1.80. The van der Waals surface area contributed by atoms with E-state index in [1.54, 1.807) is 0 Å². The van der Waals surface area contributed by atoms with Crippen LogP contribution in [0.1, 0.15) is 54.9 Å². The summed E-state index contributed by atoms with van der Waals surface area (Å²) in [6, 6.07) is 0.131. The van der Waals surface area contributed by atoms with E-state index in [9.17, 15) is 5.11 Å². The zero-order valence-corrected chi connectivity index (χ0v) is 13.6. The van der Waals surface area contributed by atoms with Crippen molar-refractivity contribution in [1.82, 2.24) is 0 Å². The van der Waals surface area contributed by atoms with Crippen LogP contribution in [-0.4, -0.2) is 37.0 Å². The molecule has 0 heterocycles. The van der Waals surface area contributed by atoms with Crippen molar-refractivity contribution in [2.24, 2.45) is 10.8 Å². The van der Waals surface area contributed by atoms with Crippen LogP contribution in [0.4, 0.5) is 0 Å². The SMILES string of the molecule is C[NH2+]C(CO)COC(C)(CC(C)(C)C)C(C)(C)C. The second kappa shape index (κ2) is 6.36. The van der Waals surface area contributed by atoms with E-state index >= 15 is 0 Å². The van der Waals surface area contributed by atoms with E-state index in [2.05, 4.69) is 48.5 Å². The molecule has 0 radical (unpaired) electrons. The Hall–Kier alpha value is -0.120. The molecule has 0 fully saturated rings. The normalized spacial score (nSPS) is 18.5. The summed E-state index contributed by atoms with van der Waals surface area (Å²) in [5, 5.41) is 11.3. The Morgan fingerprint density at radius 2 is 1.56 bits per heavy atom. The van der Waals surface area contributed by atoms with Crippen LogP contribution >= 0.6 is 0 Å². The molecular formula is C15H34NO2+. The number of hydrogen-bond acceptors (Lipinski definition) is 2. The van der Waals surface area contributed by atoms with Crippen molar-refractivity contribution in [3.8, 4) is 0 Å². The molecule has 2 unspecified atom stereocenters. The molecule has 3 N–H and O–H groups in total. The summed E-state index contributed by atoms with van der Waals surface area (Å²) in [4.78, 5) is 0. The lowest BCUT2D eigenvalue weighted by atomic mass is 9.69. The van der Waals surface area contributed by atoms with Gasteiger partial charge in [0.05, 0.1) is 19.3 Å². The predicted molar refractivity (Wildman–Crippen MR) is 76.6 cm³/mol. The van der Waals surface area contributed by atoms with E-state index in [1.165, 1.54) is 0 Å². The molecule has 0 saturated heterocycles. The van der Waals surface area contributed by atoms with Gasteiger partial charge >= 0.3 is 0 Å².